The van der Waals surface area contributed by atoms with E-state index in [0.717, 1.165) is 17.0 Å². The predicted octanol–water partition coefficient (Wildman–Crippen LogP) is 2.10. The van der Waals surface area contributed by atoms with Crippen molar-refractivity contribution in [2.45, 2.75) is 33.7 Å². The van der Waals surface area contributed by atoms with Gasteiger partial charge in [-0.15, -0.1) is 0 Å². The number of amides is 1. The fourth-order valence-electron chi connectivity index (χ4n) is 1.53. The molecular formula is C10H16N2O3. The third-order valence-electron chi connectivity index (χ3n) is 2.13. The van der Waals surface area contributed by atoms with Gasteiger partial charge >= 0.3 is 6.09 Å². The van der Waals surface area contributed by atoms with E-state index in [1.807, 2.05) is 20.8 Å². The Morgan fingerprint density at radius 1 is 1.60 bits per heavy atom. The summed E-state index contributed by atoms with van der Waals surface area (Å²) in [5.74, 6) is 0.719. The van der Waals surface area contributed by atoms with Crippen molar-refractivity contribution in [2.75, 3.05) is 6.61 Å². The number of nitrogens with zero attached hydrogens (tertiary/aromatic N) is 1. The van der Waals surface area contributed by atoms with Gasteiger partial charge in [0.05, 0.1) is 18.3 Å². The second-order valence-corrected chi connectivity index (χ2v) is 3.32. The summed E-state index contributed by atoms with van der Waals surface area (Å²) >= 11 is 0. The SMILES string of the molecule is CCOC(=O)NC(C)c1c(C)noc1C. The van der Waals surface area contributed by atoms with Gasteiger partial charge in [0.2, 0.25) is 0 Å². The zero-order valence-electron chi connectivity index (χ0n) is 9.46. The maximum absolute atomic E-state index is 11.2. The van der Waals surface area contributed by atoms with Crippen LogP contribution in [0.3, 0.4) is 0 Å². The smallest absolute Gasteiger partial charge is 0.407 e. The maximum Gasteiger partial charge on any atom is 0.407 e. The van der Waals surface area contributed by atoms with Crippen LogP contribution < -0.4 is 5.32 Å². The van der Waals surface area contributed by atoms with Crippen LogP contribution in [-0.4, -0.2) is 17.9 Å². The summed E-state index contributed by atoms with van der Waals surface area (Å²) in [7, 11) is 0. The van der Waals surface area contributed by atoms with Crippen molar-refractivity contribution in [1.82, 2.24) is 10.5 Å². The van der Waals surface area contributed by atoms with Crippen molar-refractivity contribution in [1.29, 1.82) is 0 Å². The van der Waals surface area contributed by atoms with Crippen LogP contribution in [0.1, 0.15) is 36.9 Å². The number of alkyl carbamates (subject to hydrolysis) is 1. The lowest BCUT2D eigenvalue weighted by atomic mass is 10.1. The van der Waals surface area contributed by atoms with E-state index in [4.69, 9.17) is 9.26 Å². The molecule has 1 aromatic rings. The largest absolute Gasteiger partial charge is 0.450 e. The molecule has 0 aliphatic rings. The molecule has 1 aromatic heterocycles. The van der Waals surface area contributed by atoms with E-state index >= 15 is 0 Å². The van der Waals surface area contributed by atoms with Crippen LogP contribution in [0, 0.1) is 13.8 Å². The molecule has 0 saturated heterocycles. The standard InChI is InChI=1S/C10H16N2O3/c1-5-14-10(13)11-6(2)9-7(3)12-15-8(9)4/h6H,5H2,1-4H3,(H,11,13). The van der Waals surface area contributed by atoms with Gasteiger partial charge in [0.15, 0.2) is 0 Å². The van der Waals surface area contributed by atoms with Gasteiger partial charge < -0.3 is 14.6 Å². The summed E-state index contributed by atoms with van der Waals surface area (Å²) in [6.07, 6.45) is -0.426. The van der Waals surface area contributed by atoms with Gasteiger partial charge in [-0.3, -0.25) is 0 Å². The molecule has 1 heterocycles. The first kappa shape index (κ1) is 11.6. The molecule has 1 atom stereocenters. The van der Waals surface area contributed by atoms with Crippen LogP contribution in [0.2, 0.25) is 0 Å². The van der Waals surface area contributed by atoms with Gasteiger partial charge in [0.1, 0.15) is 5.76 Å². The molecule has 0 aliphatic heterocycles. The van der Waals surface area contributed by atoms with Crippen LogP contribution in [0.5, 0.6) is 0 Å². The Hall–Kier alpha value is -1.52. The lowest BCUT2D eigenvalue weighted by Crippen LogP contribution is -2.27. The molecule has 0 spiro atoms. The molecule has 1 amide bonds. The number of hydrogen-bond acceptors (Lipinski definition) is 4. The average Bonchev–Trinajstić information content (AvgIpc) is 2.46. The lowest BCUT2D eigenvalue weighted by Gasteiger charge is -2.12. The van der Waals surface area contributed by atoms with E-state index in [0.29, 0.717) is 6.61 Å². The topological polar surface area (TPSA) is 64.4 Å². The summed E-state index contributed by atoms with van der Waals surface area (Å²) < 4.78 is 9.81. The highest BCUT2D eigenvalue weighted by Gasteiger charge is 2.18. The molecule has 0 aliphatic carbocycles. The second kappa shape index (κ2) is 4.82. The Labute approximate surface area is 88.8 Å². The summed E-state index contributed by atoms with van der Waals surface area (Å²) in [5.41, 5.74) is 1.69. The minimum atomic E-state index is -0.426. The third-order valence-corrected chi connectivity index (χ3v) is 2.13. The van der Waals surface area contributed by atoms with Gasteiger partial charge in [0.25, 0.3) is 0 Å². The highest BCUT2D eigenvalue weighted by Crippen LogP contribution is 2.20. The van der Waals surface area contributed by atoms with E-state index in [9.17, 15) is 4.79 Å². The summed E-state index contributed by atoms with van der Waals surface area (Å²) in [5, 5.41) is 6.53. The third kappa shape index (κ3) is 2.71. The van der Waals surface area contributed by atoms with Crippen LogP contribution in [0.4, 0.5) is 4.79 Å². The fourth-order valence-corrected chi connectivity index (χ4v) is 1.53. The van der Waals surface area contributed by atoms with Crippen LogP contribution in [-0.2, 0) is 4.74 Å². The number of aryl methyl sites for hydroxylation is 2. The monoisotopic (exact) mass is 212 g/mol. The molecule has 0 radical (unpaired) electrons. The van der Waals surface area contributed by atoms with Crippen LogP contribution >= 0.6 is 0 Å². The van der Waals surface area contributed by atoms with Crippen molar-refractivity contribution >= 4 is 6.09 Å². The lowest BCUT2D eigenvalue weighted by molar-refractivity contribution is 0.149. The van der Waals surface area contributed by atoms with Gasteiger partial charge in [-0.25, -0.2) is 4.79 Å². The Morgan fingerprint density at radius 2 is 2.27 bits per heavy atom. The summed E-state index contributed by atoms with van der Waals surface area (Å²) in [4.78, 5) is 11.2. The van der Waals surface area contributed by atoms with Crippen molar-refractivity contribution < 1.29 is 14.1 Å². The predicted molar refractivity (Wildman–Crippen MR) is 54.5 cm³/mol. The quantitative estimate of drug-likeness (QED) is 0.833. The first-order valence-corrected chi connectivity index (χ1v) is 4.92. The van der Waals surface area contributed by atoms with Crippen molar-refractivity contribution in [3.05, 3.63) is 17.0 Å². The molecular weight excluding hydrogens is 196 g/mol. The Morgan fingerprint density at radius 3 is 2.73 bits per heavy atom. The number of rotatable bonds is 3. The number of aromatic nitrogens is 1. The number of hydrogen-bond donors (Lipinski definition) is 1. The van der Waals surface area contributed by atoms with E-state index < -0.39 is 6.09 Å². The zero-order valence-corrected chi connectivity index (χ0v) is 9.46. The first-order valence-electron chi connectivity index (χ1n) is 4.92. The Bertz CT molecular complexity index is 327. The maximum atomic E-state index is 11.2. The summed E-state index contributed by atoms with van der Waals surface area (Å²) in [6, 6.07) is -0.157. The highest BCUT2D eigenvalue weighted by atomic mass is 16.5. The molecule has 5 nitrogen and oxygen atoms in total. The number of nitrogens with one attached hydrogen (secondary N) is 1. The van der Waals surface area contributed by atoms with Gasteiger partial charge in [0, 0.05) is 5.56 Å². The van der Waals surface area contributed by atoms with E-state index in [-0.39, 0.29) is 6.04 Å². The van der Waals surface area contributed by atoms with Gasteiger partial charge in [-0.05, 0) is 27.7 Å². The molecule has 15 heavy (non-hydrogen) atoms. The van der Waals surface area contributed by atoms with Crippen molar-refractivity contribution in [3.63, 3.8) is 0 Å². The molecule has 0 saturated carbocycles. The van der Waals surface area contributed by atoms with E-state index in [1.165, 1.54) is 0 Å². The molecule has 1 unspecified atom stereocenters. The molecule has 0 fully saturated rings. The van der Waals surface area contributed by atoms with Crippen LogP contribution in [0.25, 0.3) is 0 Å². The molecule has 5 heteroatoms. The minimum Gasteiger partial charge on any atom is -0.450 e. The number of carbonyl (C=O) groups is 1. The first-order chi connectivity index (χ1) is 7.06. The molecule has 1 rings (SSSR count). The van der Waals surface area contributed by atoms with Gasteiger partial charge in [-0.2, -0.15) is 0 Å². The van der Waals surface area contributed by atoms with Crippen molar-refractivity contribution in [2.24, 2.45) is 0 Å². The van der Waals surface area contributed by atoms with Crippen LogP contribution in [0.15, 0.2) is 4.52 Å². The normalized spacial score (nSPS) is 12.3. The van der Waals surface area contributed by atoms with Crippen molar-refractivity contribution in [3.8, 4) is 0 Å². The second-order valence-electron chi connectivity index (χ2n) is 3.32. The minimum absolute atomic E-state index is 0.157. The average molecular weight is 212 g/mol. The Balaban J connectivity index is 2.68. The summed E-state index contributed by atoms with van der Waals surface area (Å²) in [6.45, 7) is 7.65. The highest BCUT2D eigenvalue weighted by molar-refractivity contribution is 5.67. The fraction of sp³-hybridized carbons (Fsp3) is 0.600. The number of carbonyl (C=O) groups excluding carboxylic acids is 1. The van der Waals surface area contributed by atoms with E-state index in [2.05, 4.69) is 10.5 Å². The van der Waals surface area contributed by atoms with Gasteiger partial charge in [-0.1, -0.05) is 5.16 Å². The Kier molecular flexibility index (Phi) is 3.71. The molecule has 0 bridgehead atoms. The molecule has 0 aromatic carbocycles. The molecule has 1 N–H and O–H groups in total. The van der Waals surface area contributed by atoms with E-state index in [1.54, 1.807) is 6.92 Å². The zero-order chi connectivity index (χ0) is 11.4. The molecule has 84 valence electrons. The number of ether oxygens (including phenoxy) is 1.